The zero-order valence-electron chi connectivity index (χ0n) is 13.3. The Hall–Kier alpha value is -0.0600. The molecule has 0 rings (SSSR count). The summed E-state index contributed by atoms with van der Waals surface area (Å²) in [5.41, 5.74) is 0. The summed E-state index contributed by atoms with van der Waals surface area (Å²) in [6.07, 6.45) is 9.05. The summed E-state index contributed by atoms with van der Waals surface area (Å²) in [6.45, 7) is 6.11. The number of hydrogen-bond acceptors (Lipinski definition) is 2. The number of carbonyl (C=O) groups is 2. The number of hydrogen-bond donors (Lipinski definition) is 2. The molecule has 0 aliphatic rings. The van der Waals surface area contributed by atoms with Crippen LogP contribution in [-0.2, 0) is 9.59 Å². The third kappa shape index (κ3) is 14.6. The molecule has 0 aliphatic carbocycles. The zero-order chi connectivity index (χ0) is 15.4. The normalized spacial score (nSPS) is 11.8. The number of rotatable bonds is 12. The van der Waals surface area contributed by atoms with Gasteiger partial charge >= 0.3 is 35.5 Å². The Morgan fingerprint density at radius 2 is 1.52 bits per heavy atom. The topological polar surface area (TPSA) is 66.4 Å². The quantitative estimate of drug-likeness (QED) is 0.430. The van der Waals surface area contributed by atoms with E-state index >= 15 is 0 Å². The fraction of sp³-hybridized carbons (Fsp3) is 0.875. The number of unbranched alkanes of at least 4 members (excludes halogenated alkanes) is 6. The van der Waals surface area contributed by atoms with Crippen molar-refractivity contribution >= 4 is 41.4 Å². The van der Waals surface area contributed by atoms with E-state index in [1.165, 1.54) is 32.1 Å². The maximum atomic E-state index is 11.7. The molecule has 120 valence electrons. The second-order valence-corrected chi connectivity index (χ2v) is 5.96. The molecule has 0 aromatic rings. The molecule has 21 heavy (non-hydrogen) atoms. The van der Waals surface area contributed by atoms with Gasteiger partial charge in [-0.15, -0.1) is 0 Å². The summed E-state index contributed by atoms with van der Waals surface area (Å²) in [7, 11) is 0. The van der Waals surface area contributed by atoms with Crippen LogP contribution in [0.15, 0.2) is 0 Å². The first-order valence-corrected chi connectivity index (χ1v) is 7.99. The first-order chi connectivity index (χ1) is 9.47. The third-order valence-electron chi connectivity index (χ3n) is 3.35. The fourth-order valence-electron chi connectivity index (χ4n) is 2.20. The van der Waals surface area contributed by atoms with E-state index < -0.39 is 12.0 Å². The summed E-state index contributed by atoms with van der Waals surface area (Å²) >= 11 is 0. The van der Waals surface area contributed by atoms with E-state index in [0.29, 0.717) is 12.8 Å². The predicted molar refractivity (Wildman–Crippen MR) is 88.8 cm³/mol. The molecule has 0 unspecified atom stereocenters. The van der Waals surface area contributed by atoms with Gasteiger partial charge in [-0.05, 0) is 18.8 Å². The van der Waals surface area contributed by atoms with Crippen molar-refractivity contribution in [3.63, 3.8) is 0 Å². The van der Waals surface area contributed by atoms with E-state index in [9.17, 15) is 9.59 Å². The van der Waals surface area contributed by atoms with E-state index in [-0.39, 0.29) is 41.4 Å². The number of aliphatic carboxylic acids is 1. The van der Waals surface area contributed by atoms with Crippen molar-refractivity contribution in [3.05, 3.63) is 0 Å². The number of nitrogens with one attached hydrogen (secondary N) is 1. The Labute approximate surface area is 151 Å². The van der Waals surface area contributed by atoms with E-state index in [1.54, 1.807) is 0 Å². The van der Waals surface area contributed by atoms with E-state index in [0.717, 1.165) is 12.8 Å². The van der Waals surface area contributed by atoms with Gasteiger partial charge in [-0.2, -0.15) is 0 Å². The van der Waals surface area contributed by atoms with E-state index in [1.807, 2.05) is 13.8 Å². The Balaban J connectivity index is 0. The number of carbonyl (C=O) groups excluding carboxylic acids is 1. The first kappa shape index (κ1) is 23.2. The molecule has 0 heterocycles. The van der Waals surface area contributed by atoms with Gasteiger partial charge in [0.25, 0.3) is 0 Å². The van der Waals surface area contributed by atoms with E-state index in [2.05, 4.69) is 12.2 Å². The van der Waals surface area contributed by atoms with Crippen molar-refractivity contribution in [3.8, 4) is 0 Å². The summed E-state index contributed by atoms with van der Waals surface area (Å²) in [5.74, 6) is -0.812. The van der Waals surface area contributed by atoms with Crippen LogP contribution in [0.4, 0.5) is 0 Å². The Morgan fingerprint density at radius 3 is 2.00 bits per heavy atom. The molecule has 0 saturated heterocycles. The van der Waals surface area contributed by atoms with Crippen molar-refractivity contribution < 1.29 is 14.7 Å². The summed E-state index contributed by atoms with van der Waals surface area (Å²) < 4.78 is 0. The van der Waals surface area contributed by atoms with Crippen LogP contribution in [0.5, 0.6) is 0 Å². The van der Waals surface area contributed by atoms with Crippen LogP contribution in [0.3, 0.4) is 0 Å². The zero-order valence-corrected chi connectivity index (χ0v) is 13.3. The van der Waals surface area contributed by atoms with Crippen LogP contribution < -0.4 is 5.32 Å². The van der Waals surface area contributed by atoms with Gasteiger partial charge in [-0.3, -0.25) is 4.79 Å². The second kappa shape index (κ2) is 14.9. The molecule has 0 bridgehead atoms. The van der Waals surface area contributed by atoms with Crippen LogP contribution in [0.2, 0.25) is 0 Å². The molecule has 0 aromatic heterocycles. The standard InChI is InChI=1S/C16H31NO3.Na.H/c1-4-5-6-7-8-9-10-11-15(18)17-14(16(19)20)12-13(2)3;;/h13-14H,4-12H2,1-3H3,(H,17,18)(H,19,20);;/t14-;;/m0../s1. The van der Waals surface area contributed by atoms with Gasteiger partial charge in [0, 0.05) is 6.42 Å². The number of carboxylic acids is 1. The Morgan fingerprint density at radius 1 is 1.00 bits per heavy atom. The SMILES string of the molecule is CCCCCCCCCC(=O)N[C@@H](CC(C)C)C(=O)O.[NaH]. The van der Waals surface area contributed by atoms with E-state index in [4.69, 9.17) is 5.11 Å². The molecular formula is C16H32NNaO3. The van der Waals surface area contributed by atoms with Gasteiger partial charge in [-0.25, -0.2) is 4.79 Å². The molecule has 0 saturated carbocycles. The molecule has 0 spiro atoms. The molecule has 1 amide bonds. The molecule has 0 aromatic carbocycles. The molecule has 0 aliphatic heterocycles. The average Bonchev–Trinajstić information content (AvgIpc) is 2.36. The molecule has 0 fully saturated rings. The van der Waals surface area contributed by atoms with Gasteiger partial charge in [-0.1, -0.05) is 59.3 Å². The average molecular weight is 309 g/mol. The van der Waals surface area contributed by atoms with Crippen molar-refractivity contribution in [2.24, 2.45) is 5.92 Å². The monoisotopic (exact) mass is 309 g/mol. The Kier molecular flexibility index (Phi) is 16.4. The summed E-state index contributed by atoms with van der Waals surface area (Å²) in [6, 6.07) is -0.743. The summed E-state index contributed by atoms with van der Waals surface area (Å²) in [4.78, 5) is 22.7. The van der Waals surface area contributed by atoms with Crippen LogP contribution in [-0.4, -0.2) is 52.6 Å². The van der Waals surface area contributed by atoms with Crippen molar-refractivity contribution in [1.82, 2.24) is 5.32 Å². The summed E-state index contributed by atoms with van der Waals surface area (Å²) in [5, 5.41) is 11.7. The molecule has 5 heteroatoms. The van der Waals surface area contributed by atoms with Crippen LogP contribution in [0.25, 0.3) is 0 Å². The molecule has 2 N–H and O–H groups in total. The van der Waals surface area contributed by atoms with Gasteiger partial charge in [0.2, 0.25) is 5.91 Å². The van der Waals surface area contributed by atoms with Gasteiger partial charge in [0.05, 0.1) is 0 Å². The maximum absolute atomic E-state index is 11.7. The van der Waals surface area contributed by atoms with Crippen LogP contribution >= 0.6 is 0 Å². The Bertz CT molecular complexity index is 283. The number of carboxylic acid groups (broad SMARTS) is 1. The minimum absolute atomic E-state index is 0. The predicted octanol–water partition coefficient (Wildman–Crippen LogP) is 3.09. The minimum atomic E-state index is -0.938. The molecule has 0 radical (unpaired) electrons. The van der Waals surface area contributed by atoms with Crippen LogP contribution in [0, 0.1) is 5.92 Å². The third-order valence-corrected chi connectivity index (χ3v) is 3.35. The van der Waals surface area contributed by atoms with Crippen molar-refractivity contribution in [2.45, 2.75) is 84.6 Å². The van der Waals surface area contributed by atoms with Crippen molar-refractivity contribution in [2.75, 3.05) is 0 Å². The van der Waals surface area contributed by atoms with Gasteiger partial charge in [0.15, 0.2) is 0 Å². The molecule has 4 nitrogen and oxygen atoms in total. The van der Waals surface area contributed by atoms with Crippen LogP contribution in [0.1, 0.15) is 78.6 Å². The second-order valence-electron chi connectivity index (χ2n) is 5.96. The van der Waals surface area contributed by atoms with Crippen molar-refractivity contribution in [1.29, 1.82) is 0 Å². The first-order valence-electron chi connectivity index (χ1n) is 7.99. The fourth-order valence-corrected chi connectivity index (χ4v) is 2.20. The number of amides is 1. The molecule has 1 atom stereocenters. The van der Waals surface area contributed by atoms with Gasteiger partial charge < -0.3 is 10.4 Å². The van der Waals surface area contributed by atoms with Gasteiger partial charge in [0.1, 0.15) is 6.04 Å². The molecular weight excluding hydrogens is 277 g/mol.